The van der Waals surface area contributed by atoms with Crippen LogP contribution in [0.25, 0.3) is 0 Å². The van der Waals surface area contributed by atoms with E-state index in [1.165, 1.54) is 0 Å². The van der Waals surface area contributed by atoms with Crippen molar-refractivity contribution >= 4 is 11.8 Å². The lowest BCUT2D eigenvalue weighted by molar-refractivity contribution is -0.152. The zero-order chi connectivity index (χ0) is 7.07. The Balaban J connectivity index is 2.63. The maximum Gasteiger partial charge on any atom is 0.375 e. The summed E-state index contributed by atoms with van der Waals surface area (Å²) in [5, 5.41) is 7.97. The molecule has 0 spiro atoms. The molecule has 0 saturated heterocycles. The van der Waals surface area contributed by atoms with Crippen LogP contribution in [0.15, 0.2) is 0 Å². The van der Waals surface area contributed by atoms with Crippen LogP contribution in [0, 0.1) is 0 Å². The Hall–Kier alpha value is -0.930. The zero-order valence-electron chi connectivity index (χ0n) is 4.56. The summed E-state index contributed by atoms with van der Waals surface area (Å²) in [7, 11) is 0. The lowest BCUT2D eigenvalue weighted by atomic mass is 10.2. The summed E-state index contributed by atoms with van der Waals surface area (Å²) in [6, 6.07) is 0. The minimum atomic E-state index is -2.01. The van der Waals surface area contributed by atoms with E-state index in [1.54, 1.807) is 0 Å². The van der Waals surface area contributed by atoms with Crippen molar-refractivity contribution in [2.24, 2.45) is 0 Å². The van der Waals surface area contributed by atoms with Gasteiger partial charge in [0.1, 0.15) is 0 Å². The van der Waals surface area contributed by atoms with Crippen molar-refractivity contribution < 1.29 is 19.1 Å². The van der Waals surface area contributed by atoms with Crippen LogP contribution in [0.1, 0.15) is 12.8 Å². The van der Waals surface area contributed by atoms with E-state index in [1.807, 2.05) is 0 Å². The molecule has 0 aromatic carbocycles. The molecule has 1 N–H and O–H groups in total. The van der Waals surface area contributed by atoms with Crippen molar-refractivity contribution in [3.05, 3.63) is 0 Å². The van der Waals surface area contributed by atoms with Crippen LogP contribution in [0.5, 0.6) is 0 Å². The highest BCUT2D eigenvalue weighted by molar-refractivity contribution is 6.36. The van der Waals surface area contributed by atoms with Gasteiger partial charge in [-0.3, -0.25) is 4.79 Å². The van der Waals surface area contributed by atoms with Gasteiger partial charge >= 0.3 is 5.97 Å². The van der Waals surface area contributed by atoms with Gasteiger partial charge in [0.2, 0.25) is 0 Å². The van der Waals surface area contributed by atoms with Crippen LogP contribution >= 0.6 is 0 Å². The molecule has 1 aliphatic carbocycles. The van der Waals surface area contributed by atoms with Crippen molar-refractivity contribution in [2.75, 3.05) is 0 Å². The molecule has 0 aliphatic heterocycles. The highest BCUT2D eigenvalue weighted by Gasteiger charge is 2.53. The van der Waals surface area contributed by atoms with E-state index in [4.69, 9.17) is 5.11 Å². The van der Waals surface area contributed by atoms with Crippen LogP contribution in [0.3, 0.4) is 0 Å². The maximum atomic E-state index is 12.4. The van der Waals surface area contributed by atoms with Gasteiger partial charge in [0.25, 0.3) is 5.78 Å². The number of hydrogen-bond acceptors (Lipinski definition) is 2. The van der Waals surface area contributed by atoms with Gasteiger partial charge in [-0.25, -0.2) is 9.18 Å². The molecular formula is C5H5FO3. The minimum absolute atomic E-state index is 0.0676. The molecule has 0 bridgehead atoms. The summed E-state index contributed by atoms with van der Waals surface area (Å²) >= 11 is 0. The van der Waals surface area contributed by atoms with Crippen molar-refractivity contribution in [1.29, 1.82) is 0 Å². The molecule has 0 heterocycles. The molecule has 0 aromatic heterocycles. The van der Waals surface area contributed by atoms with Gasteiger partial charge in [-0.1, -0.05) is 0 Å². The summed E-state index contributed by atoms with van der Waals surface area (Å²) in [5.74, 6) is -2.97. The number of aliphatic carboxylic acids is 1. The van der Waals surface area contributed by atoms with E-state index in [9.17, 15) is 14.0 Å². The summed E-state index contributed by atoms with van der Waals surface area (Å²) in [5.41, 5.74) is -2.01. The zero-order valence-corrected chi connectivity index (χ0v) is 4.56. The molecule has 1 rings (SSSR count). The predicted octanol–water partition coefficient (Wildman–Crippen LogP) is 0.142. The van der Waals surface area contributed by atoms with Crippen LogP contribution in [0.2, 0.25) is 0 Å². The van der Waals surface area contributed by atoms with E-state index in [2.05, 4.69) is 0 Å². The van der Waals surface area contributed by atoms with Crippen molar-refractivity contribution in [3.63, 3.8) is 0 Å². The smallest absolute Gasteiger partial charge is 0.375 e. The molecular weight excluding hydrogens is 127 g/mol. The molecule has 1 fully saturated rings. The normalized spacial score (nSPS) is 21.0. The van der Waals surface area contributed by atoms with E-state index in [0.29, 0.717) is 0 Å². The highest BCUT2D eigenvalue weighted by Crippen LogP contribution is 2.40. The summed E-state index contributed by atoms with van der Waals surface area (Å²) in [6.07, 6.45) is 0.135. The van der Waals surface area contributed by atoms with E-state index in [-0.39, 0.29) is 12.8 Å². The fraction of sp³-hybridized carbons (Fsp3) is 0.600. The second kappa shape index (κ2) is 1.52. The number of carbonyl (C=O) groups is 2. The monoisotopic (exact) mass is 132 g/mol. The first-order chi connectivity index (χ1) is 4.06. The number of ketones is 1. The van der Waals surface area contributed by atoms with Gasteiger partial charge in [-0.15, -0.1) is 0 Å². The number of hydrogen-bond donors (Lipinski definition) is 1. The Morgan fingerprint density at radius 3 is 2.00 bits per heavy atom. The number of carboxylic acid groups (broad SMARTS) is 1. The third kappa shape index (κ3) is 0.918. The van der Waals surface area contributed by atoms with Crippen molar-refractivity contribution in [3.8, 4) is 0 Å². The van der Waals surface area contributed by atoms with Gasteiger partial charge in [0, 0.05) is 0 Å². The quantitative estimate of drug-likeness (QED) is 0.544. The molecule has 0 atom stereocenters. The van der Waals surface area contributed by atoms with Crippen LogP contribution in [0.4, 0.5) is 4.39 Å². The number of Topliss-reactive ketones (excluding diaryl/α,β-unsaturated/α-hetero) is 1. The fourth-order valence-electron chi connectivity index (χ4n) is 0.528. The third-order valence-corrected chi connectivity index (χ3v) is 1.29. The largest absolute Gasteiger partial charge is 0.475 e. The predicted molar refractivity (Wildman–Crippen MR) is 25.7 cm³/mol. The lowest BCUT2D eigenvalue weighted by Gasteiger charge is -1.94. The highest BCUT2D eigenvalue weighted by atomic mass is 19.1. The SMILES string of the molecule is O=C(O)C(=O)C1(F)CC1. The number of alkyl halides is 1. The van der Waals surface area contributed by atoms with Crippen LogP contribution < -0.4 is 0 Å². The molecule has 0 aromatic rings. The Morgan fingerprint density at radius 1 is 1.44 bits per heavy atom. The number of rotatable bonds is 2. The minimum Gasteiger partial charge on any atom is -0.475 e. The van der Waals surface area contributed by atoms with Gasteiger partial charge in [0.15, 0.2) is 5.67 Å². The third-order valence-electron chi connectivity index (χ3n) is 1.29. The number of carbonyl (C=O) groups excluding carboxylic acids is 1. The van der Waals surface area contributed by atoms with Gasteiger partial charge in [-0.05, 0) is 12.8 Å². The summed E-state index contributed by atoms with van der Waals surface area (Å²) in [6.45, 7) is 0. The van der Waals surface area contributed by atoms with Crippen LogP contribution in [-0.4, -0.2) is 22.5 Å². The van der Waals surface area contributed by atoms with Crippen LogP contribution in [-0.2, 0) is 9.59 Å². The molecule has 0 radical (unpaired) electrons. The van der Waals surface area contributed by atoms with E-state index >= 15 is 0 Å². The Kier molecular flexibility index (Phi) is 1.05. The topological polar surface area (TPSA) is 54.4 Å². The standard InChI is InChI=1S/C5H5FO3/c6-5(1-2-5)3(7)4(8)9/h1-2H2,(H,8,9). The second-order valence-corrected chi connectivity index (χ2v) is 2.10. The van der Waals surface area contributed by atoms with Gasteiger partial charge < -0.3 is 5.11 Å². The first kappa shape index (κ1) is 6.19. The Labute approximate surface area is 50.5 Å². The van der Waals surface area contributed by atoms with E-state index in [0.717, 1.165) is 0 Å². The Bertz CT molecular complexity index is 171. The van der Waals surface area contributed by atoms with Crippen molar-refractivity contribution in [2.45, 2.75) is 18.5 Å². The fourth-order valence-corrected chi connectivity index (χ4v) is 0.528. The average Bonchev–Trinajstić information content (AvgIpc) is 2.47. The first-order valence-electron chi connectivity index (χ1n) is 2.53. The molecule has 0 amide bonds. The Morgan fingerprint density at radius 2 is 1.89 bits per heavy atom. The molecule has 1 aliphatic rings. The van der Waals surface area contributed by atoms with Crippen molar-refractivity contribution in [1.82, 2.24) is 0 Å². The van der Waals surface area contributed by atoms with Gasteiger partial charge in [-0.2, -0.15) is 0 Å². The molecule has 50 valence electrons. The maximum absolute atomic E-state index is 12.4. The average molecular weight is 132 g/mol. The van der Waals surface area contributed by atoms with Gasteiger partial charge in [0.05, 0.1) is 0 Å². The lowest BCUT2D eigenvalue weighted by Crippen LogP contribution is -2.25. The summed E-state index contributed by atoms with van der Waals surface area (Å²) < 4.78 is 12.4. The second-order valence-electron chi connectivity index (χ2n) is 2.10. The number of carboxylic acids is 1. The molecule has 4 heteroatoms. The summed E-state index contributed by atoms with van der Waals surface area (Å²) in [4.78, 5) is 20.0. The number of halogens is 1. The molecule has 0 unspecified atom stereocenters. The molecule has 3 nitrogen and oxygen atoms in total. The molecule has 9 heavy (non-hydrogen) atoms. The van der Waals surface area contributed by atoms with E-state index < -0.39 is 17.4 Å². The molecule has 1 saturated carbocycles. The first-order valence-corrected chi connectivity index (χ1v) is 2.53.